The smallest absolute Gasteiger partial charge is 0.270 e. The van der Waals surface area contributed by atoms with Crippen LogP contribution in [0.4, 0.5) is 0 Å². The van der Waals surface area contributed by atoms with Gasteiger partial charge >= 0.3 is 0 Å². The van der Waals surface area contributed by atoms with Gasteiger partial charge in [-0.15, -0.1) is 0 Å². The Morgan fingerprint density at radius 1 is 1.12 bits per heavy atom. The molecule has 0 saturated heterocycles. The second kappa shape index (κ2) is 13.4. The number of imidazole rings is 1. The van der Waals surface area contributed by atoms with Crippen molar-refractivity contribution < 1.29 is 19.1 Å². The van der Waals surface area contributed by atoms with Gasteiger partial charge in [0.1, 0.15) is 23.3 Å². The predicted octanol–water partition coefficient (Wildman–Crippen LogP) is 4.82. The first-order valence-electron chi connectivity index (χ1n) is 17.8. The molecule has 50 heavy (non-hydrogen) atoms. The lowest BCUT2D eigenvalue weighted by Crippen LogP contribution is -2.58. The predicted molar refractivity (Wildman–Crippen MR) is 192 cm³/mol. The van der Waals surface area contributed by atoms with Gasteiger partial charge in [-0.05, 0) is 81.3 Å². The number of nitrogens with one attached hydrogen (secondary N) is 4. The number of aryl methyl sites for hydroxylation is 1. The number of fused-ring (bicyclic) bond motifs is 3. The van der Waals surface area contributed by atoms with Crippen molar-refractivity contribution in [3.8, 4) is 5.75 Å². The van der Waals surface area contributed by atoms with E-state index in [9.17, 15) is 14.4 Å². The standard InChI is InChI=1S/C38H47N7O4Si/c1-6-39-36(48)32(37-15-13-24(18-37)19-37)44-34(46)23(3)25-11-12-27-28(17-25)42-33(41-27)31(43-35(47)29-14-16-40-45(29)4)38(21-50-5)22(2)20-49-30-10-8-7-9-26(30)38/h7-12,14,16-17,22-24,31-32H,6,13,15,18-21H2,1-5H3,(H,39,48)(H,41,42)(H,43,47)(H,44,46)/t22?,23?,24?,31-,32+,37?,38+/m1/s1. The van der Waals surface area contributed by atoms with E-state index in [0.717, 1.165) is 59.6 Å². The summed E-state index contributed by atoms with van der Waals surface area (Å²) in [6.45, 7) is 9.20. The third kappa shape index (κ3) is 5.71. The maximum atomic E-state index is 13.9. The van der Waals surface area contributed by atoms with Crippen LogP contribution in [0.3, 0.4) is 0 Å². The quantitative estimate of drug-likeness (QED) is 0.157. The van der Waals surface area contributed by atoms with Crippen LogP contribution < -0.4 is 20.7 Å². The highest BCUT2D eigenvalue weighted by Crippen LogP contribution is 2.60. The molecule has 4 aromatic rings. The third-order valence-electron chi connectivity index (χ3n) is 11.7. The molecule has 3 fully saturated rings. The zero-order chi connectivity index (χ0) is 35.2. The Bertz CT molecular complexity index is 1910. The van der Waals surface area contributed by atoms with E-state index in [-0.39, 0.29) is 29.1 Å². The van der Waals surface area contributed by atoms with Crippen LogP contribution in [0.1, 0.15) is 85.9 Å². The van der Waals surface area contributed by atoms with Crippen LogP contribution >= 0.6 is 0 Å². The second-order valence-electron chi connectivity index (χ2n) is 14.7. The van der Waals surface area contributed by atoms with Crippen molar-refractivity contribution in [1.29, 1.82) is 0 Å². The molecule has 2 unspecified atom stereocenters. The van der Waals surface area contributed by atoms with Crippen LogP contribution in [0.5, 0.6) is 5.75 Å². The van der Waals surface area contributed by atoms with Gasteiger partial charge in [-0.1, -0.05) is 37.7 Å². The zero-order valence-corrected chi connectivity index (χ0v) is 30.5. The fourth-order valence-electron chi connectivity index (χ4n) is 8.97. The van der Waals surface area contributed by atoms with E-state index in [0.29, 0.717) is 40.1 Å². The number of para-hydroxylation sites is 1. The minimum Gasteiger partial charge on any atom is -0.493 e. The van der Waals surface area contributed by atoms with E-state index < -0.39 is 23.4 Å². The molecule has 2 aromatic carbocycles. The Labute approximate surface area is 295 Å². The molecule has 12 heteroatoms. The Hall–Kier alpha value is -4.45. The Balaban J connectivity index is 1.24. The molecular formula is C38H47N7O4Si. The molecular weight excluding hydrogens is 647 g/mol. The van der Waals surface area contributed by atoms with E-state index in [1.165, 1.54) is 0 Å². The molecule has 3 heterocycles. The first-order valence-corrected chi connectivity index (χ1v) is 19.5. The number of nitrogens with zero attached hydrogens (tertiary/aromatic N) is 3. The number of hydrogen-bond donors (Lipinski definition) is 4. The zero-order valence-electron chi connectivity index (χ0n) is 29.5. The summed E-state index contributed by atoms with van der Waals surface area (Å²) < 4.78 is 7.80. The molecule has 3 amide bonds. The van der Waals surface area contributed by atoms with Crippen LogP contribution in [0.15, 0.2) is 54.7 Å². The van der Waals surface area contributed by atoms with Gasteiger partial charge < -0.3 is 25.7 Å². The molecule has 4 N–H and O–H groups in total. The highest BCUT2D eigenvalue weighted by atomic mass is 28.2. The van der Waals surface area contributed by atoms with Gasteiger partial charge in [0.05, 0.1) is 29.6 Å². The maximum Gasteiger partial charge on any atom is 0.270 e. The van der Waals surface area contributed by atoms with Gasteiger partial charge in [-0.25, -0.2) is 4.98 Å². The molecule has 2 aromatic heterocycles. The fourth-order valence-corrected chi connectivity index (χ4v) is 10.3. The summed E-state index contributed by atoms with van der Waals surface area (Å²) in [4.78, 5) is 49.6. The minimum absolute atomic E-state index is 0.0531. The van der Waals surface area contributed by atoms with E-state index in [1.807, 2.05) is 50.2 Å². The minimum atomic E-state index is -0.526. The summed E-state index contributed by atoms with van der Waals surface area (Å²) in [5, 5.41) is 13.7. The number of hydrogen-bond acceptors (Lipinski definition) is 6. The monoisotopic (exact) mass is 693 g/mol. The first-order chi connectivity index (χ1) is 24.1. The first kappa shape index (κ1) is 34.0. The Morgan fingerprint density at radius 2 is 1.92 bits per heavy atom. The largest absolute Gasteiger partial charge is 0.493 e. The molecule has 11 nitrogen and oxygen atoms in total. The topological polar surface area (TPSA) is 143 Å². The number of aromatic amines is 1. The average Bonchev–Trinajstić information content (AvgIpc) is 3.91. The van der Waals surface area contributed by atoms with Crippen molar-refractivity contribution in [1.82, 2.24) is 35.7 Å². The number of H-pyrrole nitrogens is 1. The molecule has 0 spiro atoms. The van der Waals surface area contributed by atoms with Gasteiger partial charge in [0.2, 0.25) is 11.8 Å². The second-order valence-corrected chi connectivity index (χ2v) is 15.7. The van der Waals surface area contributed by atoms with Crippen LogP contribution in [-0.2, 0) is 22.1 Å². The lowest BCUT2D eigenvalue weighted by atomic mass is 9.64. The molecule has 1 aliphatic heterocycles. The van der Waals surface area contributed by atoms with E-state index in [1.54, 1.807) is 24.0 Å². The van der Waals surface area contributed by atoms with Crippen molar-refractivity contribution in [2.45, 2.75) is 82.5 Å². The molecule has 3 saturated carbocycles. The number of amides is 3. The summed E-state index contributed by atoms with van der Waals surface area (Å²) in [5.41, 5.74) is 3.19. The van der Waals surface area contributed by atoms with Crippen LogP contribution in [0.25, 0.3) is 11.0 Å². The van der Waals surface area contributed by atoms with Crippen molar-refractivity contribution in [2.75, 3.05) is 13.2 Å². The summed E-state index contributed by atoms with van der Waals surface area (Å²) in [5.74, 6) is 1.20. The Kier molecular flexibility index (Phi) is 9.08. The molecule has 262 valence electrons. The average molecular weight is 694 g/mol. The molecule has 4 aliphatic rings. The van der Waals surface area contributed by atoms with Crippen molar-refractivity contribution in [3.05, 3.63) is 77.4 Å². The third-order valence-corrected chi connectivity index (χ3v) is 12.7. The number of likely N-dealkylation sites (N-methyl/N-ethyl adjacent to an activating group) is 1. The Morgan fingerprint density at radius 3 is 2.62 bits per heavy atom. The van der Waals surface area contributed by atoms with Crippen molar-refractivity contribution in [3.63, 3.8) is 0 Å². The van der Waals surface area contributed by atoms with Gasteiger partial charge in [0.15, 0.2) is 0 Å². The highest BCUT2D eigenvalue weighted by molar-refractivity contribution is 6.34. The molecule has 5 atom stereocenters. The van der Waals surface area contributed by atoms with E-state index in [4.69, 9.17) is 9.72 Å². The molecule has 8 rings (SSSR count). The molecule has 3 aliphatic carbocycles. The summed E-state index contributed by atoms with van der Waals surface area (Å²) in [6.07, 6.45) is 5.72. The van der Waals surface area contributed by atoms with Crippen molar-refractivity contribution >= 4 is 38.3 Å². The number of carbonyl (C=O) groups is 3. The number of rotatable bonds is 12. The fraction of sp³-hybridized carbons (Fsp3) is 0.500. The number of benzene rings is 2. The van der Waals surface area contributed by atoms with E-state index >= 15 is 0 Å². The highest BCUT2D eigenvalue weighted by Gasteiger charge is 2.57. The summed E-state index contributed by atoms with van der Waals surface area (Å²) in [6, 6.07) is 15.4. The lowest BCUT2D eigenvalue weighted by Gasteiger charge is -2.48. The summed E-state index contributed by atoms with van der Waals surface area (Å²) >= 11 is 0. The van der Waals surface area contributed by atoms with Crippen LogP contribution in [0, 0.1) is 17.3 Å². The number of carbonyl (C=O) groups excluding carboxylic acids is 3. The van der Waals surface area contributed by atoms with Crippen LogP contribution in [-0.4, -0.2) is 66.2 Å². The number of ether oxygens (including phenoxy) is 1. The lowest BCUT2D eigenvalue weighted by molar-refractivity contribution is -0.134. The van der Waals surface area contributed by atoms with Crippen molar-refractivity contribution in [2.24, 2.45) is 24.3 Å². The van der Waals surface area contributed by atoms with Gasteiger partial charge in [0.25, 0.3) is 5.91 Å². The van der Waals surface area contributed by atoms with Crippen LogP contribution in [0.2, 0.25) is 12.6 Å². The normalized spacial score (nSPS) is 25.5. The van der Waals surface area contributed by atoms with Gasteiger partial charge in [-0.3, -0.25) is 19.1 Å². The van der Waals surface area contributed by atoms with Gasteiger partial charge in [-0.2, -0.15) is 5.10 Å². The number of aromatic nitrogens is 4. The van der Waals surface area contributed by atoms with Gasteiger partial charge in [0, 0.05) is 51.6 Å². The summed E-state index contributed by atoms with van der Waals surface area (Å²) in [7, 11) is 2.36. The van der Waals surface area contributed by atoms with E-state index in [2.05, 4.69) is 45.6 Å². The SMILES string of the molecule is CCNC(=O)[C@H](NC(=O)C(C)c1ccc2nc([C@@H](NC(=O)c3ccnn3C)[C@]3(C[Si]C)c4ccccc4OCC3C)[nH]c2c1)C12CCC(C1)C2. The maximum absolute atomic E-state index is 13.9. The molecule has 2 bridgehead atoms. The molecule has 2 radical (unpaired) electrons.